The molecule has 14 heteroatoms. The second-order valence-corrected chi connectivity index (χ2v) is 11.6. The Morgan fingerprint density at radius 3 is 2.58 bits per heavy atom. The van der Waals surface area contributed by atoms with Crippen LogP contribution in [-0.2, 0) is 22.6 Å². The van der Waals surface area contributed by atoms with Gasteiger partial charge < -0.3 is 0 Å². The summed E-state index contributed by atoms with van der Waals surface area (Å²) in [4.78, 5) is 18.0. The topological polar surface area (TPSA) is 114 Å². The van der Waals surface area contributed by atoms with E-state index in [9.17, 15) is 30.8 Å². The molecule has 0 saturated carbocycles. The molecule has 1 unspecified atom stereocenters. The summed E-state index contributed by atoms with van der Waals surface area (Å²) in [5, 5.41) is 10.6. The normalized spacial score (nSPS) is 19.6. The second-order valence-electron chi connectivity index (χ2n) is 9.65. The molecule has 2 aliphatic rings. The molecule has 1 saturated heterocycles. The number of aromatic nitrogens is 5. The lowest BCUT2D eigenvalue weighted by Crippen LogP contribution is -2.53. The Morgan fingerprint density at radius 2 is 1.88 bits per heavy atom. The smallest absolute Gasteiger partial charge is 0.291 e. The van der Waals surface area contributed by atoms with E-state index < -0.39 is 44.5 Å². The SMILES string of the molecule is O=C(c1cc(C(F)(F)F)ccn1)C12Cc3cnn(-c4ccc(F)cc4)c3C=C1CCN(S(=O)(=O)c1cn[nH]c1)C2. The number of H-pyrrole nitrogens is 1. The van der Waals surface area contributed by atoms with E-state index in [0.717, 1.165) is 22.8 Å². The molecule has 9 nitrogen and oxygen atoms in total. The fourth-order valence-corrected chi connectivity index (χ4v) is 6.72. The number of carbonyl (C=O) groups excluding carboxylic acids is 1. The van der Waals surface area contributed by atoms with Gasteiger partial charge in [-0.15, -0.1) is 0 Å². The van der Waals surface area contributed by atoms with Crippen LogP contribution in [0.4, 0.5) is 17.6 Å². The fraction of sp³-hybridized carbons (Fsp3) is 0.231. The monoisotopic (exact) mass is 572 g/mol. The van der Waals surface area contributed by atoms with Crippen molar-refractivity contribution in [3.05, 3.63) is 95.1 Å². The zero-order valence-corrected chi connectivity index (χ0v) is 21.4. The molecule has 6 rings (SSSR count). The Kier molecular flexibility index (Phi) is 6.00. The number of nitrogens with zero attached hydrogens (tertiary/aromatic N) is 5. The number of halogens is 4. The first-order chi connectivity index (χ1) is 19.0. The Labute approximate surface area is 225 Å². The molecular formula is C26H20F4N6O3S. The predicted molar refractivity (Wildman–Crippen MR) is 133 cm³/mol. The quantitative estimate of drug-likeness (QED) is 0.285. The molecule has 1 atom stereocenters. The highest BCUT2D eigenvalue weighted by molar-refractivity contribution is 7.89. The van der Waals surface area contributed by atoms with Gasteiger partial charge in [0.25, 0.3) is 0 Å². The highest BCUT2D eigenvalue weighted by Gasteiger charge is 2.51. The van der Waals surface area contributed by atoms with Gasteiger partial charge in [0.2, 0.25) is 10.0 Å². The molecule has 1 fully saturated rings. The van der Waals surface area contributed by atoms with Crippen molar-refractivity contribution in [2.24, 2.45) is 5.41 Å². The number of pyridine rings is 1. The highest BCUT2D eigenvalue weighted by Crippen LogP contribution is 2.47. The summed E-state index contributed by atoms with van der Waals surface area (Å²) in [7, 11) is -4.07. The number of ketones is 1. The van der Waals surface area contributed by atoms with Gasteiger partial charge in [-0.3, -0.25) is 14.9 Å². The summed E-state index contributed by atoms with van der Waals surface area (Å²) in [5.74, 6) is -1.15. The van der Waals surface area contributed by atoms with Crippen molar-refractivity contribution in [1.29, 1.82) is 0 Å². The van der Waals surface area contributed by atoms with Crippen LogP contribution >= 0.6 is 0 Å². The summed E-state index contributed by atoms with van der Waals surface area (Å²) in [6.07, 6.45) is 1.93. The van der Waals surface area contributed by atoms with Crippen molar-refractivity contribution in [3.63, 3.8) is 0 Å². The van der Waals surface area contributed by atoms with E-state index in [4.69, 9.17) is 0 Å². The van der Waals surface area contributed by atoms with E-state index in [0.29, 0.717) is 28.6 Å². The van der Waals surface area contributed by atoms with Crippen molar-refractivity contribution < 1.29 is 30.8 Å². The molecule has 0 amide bonds. The van der Waals surface area contributed by atoms with Crippen molar-refractivity contribution in [2.75, 3.05) is 13.1 Å². The minimum Gasteiger partial charge on any atom is -0.291 e. The number of benzene rings is 1. The number of piperidine rings is 1. The lowest BCUT2D eigenvalue weighted by atomic mass is 9.65. The van der Waals surface area contributed by atoms with Gasteiger partial charge in [0, 0.05) is 25.5 Å². The molecule has 4 heterocycles. The van der Waals surface area contributed by atoms with Gasteiger partial charge in [-0.25, -0.2) is 17.5 Å². The van der Waals surface area contributed by atoms with Gasteiger partial charge in [0.15, 0.2) is 5.78 Å². The van der Waals surface area contributed by atoms with Crippen LogP contribution in [0.5, 0.6) is 0 Å². The van der Waals surface area contributed by atoms with E-state index in [1.54, 1.807) is 22.9 Å². The molecule has 206 valence electrons. The highest BCUT2D eigenvalue weighted by atomic mass is 32.2. The van der Waals surface area contributed by atoms with Crippen LogP contribution in [0, 0.1) is 11.2 Å². The van der Waals surface area contributed by atoms with Gasteiger partial charge in [-0.2, -0.15) is 27.7 Å². The molecule has 1 aliphatic heterocycles. The largest absolute Gasteiger partial charge is 0.416 e. The van der Waals surface area contributed by atoms with E-state index in [-0.39, 0.29) is 30.8 Å². The number of fused-ring (bicyclic) bond motifs is 2. The van der Waals surface area contributed by atoms with Crippen molar-refractivity contribution >= 4 is 21.9 Å². The standard InChI is InChI=1S/C26H20F4N6O3S/c27-19-1-3-20(4-2-19)36-23-10-17-6-8-35(40(38,39)21-13-32-33-14-21)15-25(17,11-16(23)12-34-36)24(37)22-9-18(5-7-31-22)26(28,29)30/h1-5,7,9-10,12-14H,6,8,11,15H2,(H,32,33). The van der Waals surface area contributed by atoms with Crippen molar-refractivity contribution in [2.45, 2.75) is 23.9 Å². The van der Waals surface area contributed by atoms with Gasteiger partial charge in [-0.1, -0.05) is 5.57 Å². The first-order valence-corrected chi connectivity index (χ1v) is 13.5. The van der Waals surface area contributed by atoms with Crippen LogP contribution < -0.4 is 0 Å². The summed E-state index contributed by atoms with van der Waals surface area (Å²) >= 11 is 0. The fourth-order valence-electron chi connectivity index (χ4n) is 5.31. The van der Waals surface area contributed by atoms with Crippen molar-refractivity contribution in [1.82, 2.24) is 29.3 Å². The average molecular weight is 573 g/mol. The van der Waals surface area contributed by atoms with E-state index in [1.165, 1.54) is 24.5 Å². The Morgan fingerprint density at radius 1 is 1.10 bits per heavy atom. The first-order valence-electron chi connectivity index (χ1n) is 12.1. The summed E-state index contributed by atoms with van der Waals surface area (Å²) in [6, 6.07) is 7.11. The maximum Gasteiger partial charge on any atom is 0.416 e. The molecule has 1 aliphatic carbocycles. The predicted octanol–water partition coefficient (Wildman–Crippen LogP) is 4.05. The van der Waals surface area contributed by atoms with Crippen LogP contribution in [0.1, 0.15) is 33.7 Å². The third-order valence-corrected chi connectivity index (χ3v) is 9.13. The molecule has 0 bridgehead atoms. The van der Waals surface area contributed by atoms with Crippen LogP contribution in [0.2, 0.25) is 0 Å². The molecule has 0 radical (unpaired) electrons. The number of nitrogens with one attached hydrogen (secondary N) is 1. The number of Topliss-reactive ketones (excluding diaryl/α,β-unsaturated/α-hetero) is 1. The minimum absolute atomic E-state index is 0.0243. The maximum atomic E-state index is 14.1. The number of rotatable bonds is 5. The Balaban J connectivity index is 1.47. The van der Waals surface area contributed by atoms with Crippen LogP contribution in [-0.4, -0.2) is 56.6 Å². The Bertz CT molecular complexity index is 1750. The van der Waals surface area contributed by atoms with Crippen LogP contribution in [0.25, 0.3) is 11.8 Å². The average Bonchev–Trinajstić information content (AvgIpc) is 3.62. The molecule has 4 aromatic rings. The van der Waals surface area contributed by atoms with Gasteiger partial charge >= 0.3 is 6.18 Å². The Hall–Kier alpha value is -4.17. The lowest BCUT2D eigenvalue weighted by molar-refractivity contribution is -0.137. The molecule has 0 spiro atoms. The molecule has 1 N–H and O–H groups in total. The number of sulfonamides is 1. The number of carbonyl (C=O) groups is 1. The first kappa shape index (κ1) is 26.1. The minimum atomic E-state index is -4.70. The zero-order chi connectivity index (χ0) is 28.3. The number of aromatic amines is 1. The molecule has 1 aromatic carbocycles. The lowest BCUT2D eigenvalue weighted by Gasteiger charge is -2.44. The summed E-state index contributed by atoms with van der Waals surface area (Å²) < 4.78 is 83.5. The van der Waals surface area contributed by atoms with E-state index in [2.05, 4.69) is 20.3 Å². The number of alkyl halides is 3. The third kappa shape index (κ3) is 4.23. The molecular weight excluding hydrogens is 552 g/mol. The second kappa shape index (κ2) is 9.20. The molecule has 3 aromatic heterocycles. The number of hydrogen-bond donors (Lipinski definition) is 1. The van der Waals surface area contributed by atoms with Crippen molar-refractivity contribution in [3.8, 4) is 5.69 Å². The van der Waals surface area contributed by atoms with E-state index in [1.807, 2.05) is 0 Å². The third-order valence-electron chi connectivity index (χ3n) is 7.32. The van der Waals surface area contributed by atoms with Gasteiger partial charge in [0.1, 0.15) is 16.4 Å². The summed E-state index contributed by atoms with van der Waals surface area (Å²) in [5.41, 5.74) is -0.672. The zero-order valence-electron chi connectivity index (χ0n) is 20.6. The van der Waals surface area contributed by atoms with E-state index >= 15 is 0 Å². The summed E-state index contributed by atoms with van der Waals surface area (Å²) in [6.45, 7) is -0.283. The van der Waals surface area contributed by atoms with Crippen LogP contribution in [0.15, 0.2) is 71.7 Å². The van der Waals surface area contributed by atoms with Gasteiger partial charge in [0.05, 0.1) is 34.8 Å². The maximum absolute atomic E-state index is 14.1. The number of hydrogen-bond acceptors (Lipinski definition) is 6. The van der Waals surface area contributed by atoms with Gasteiger partial charge in [-0.05, 0) is 60.9 Å². The van der Waals surface area contributed by atoms with Crippen LogP contribution in [0.3, 0.4) is 0 Å². The molecule has 40 heavy (non-hydrogen) atoms.